The quantitative estimate of drug-likeness (QED) is 0.802. The van der Waals surface area contributed by atoms with E-state index >= 15 is 0 Å². The summed E-state index contributed by atoms with van der Waals surface area (Å²) in [5.74, 6) is 0.570. The van der Waals surface area contributed by atoms with Crippen LogP contribution in [0.25, 0.3) is 0 Å². The molecular formula is C13H18FN. The minimum atomic E-state index is -0.121. The first-order valence-corrected chi connectivity index (χ1v) is 5.65. The van der Waals surface area contributed by atoms with E-state index in [1.54, 1.807) is 12.1 Å². The molecule has 0 aromatic heterocycles. The van der Waals surface area contributed by atoms with Crippen molar-refractivity contribution in [2.45, 2.75) is 32.2 Å². The normalized spacial score (nSPS) is 18.6. The Balaban J connectivity index is 2.24. The Labute approximate surface area is 90.7 Å². The van der Waals surface area contributed by atoms with Crippen LogP contribution in [0.4, 0.5) is 4.39 Å². The SMILES string of the molecule is CNC(c1cc(C)cc(F)c1)C1CCC1. The van der Waals surface area contributed by atoms with Gasteiger partial charge in [-0.3, -0.25) is 0 Å². The first-order chi connectivity index (χ1) is 7.20. The molecule has 0 amide bonds. The zero-order valence-corrected chi connectivity index (χ0v) is 9.39. The Kier molecular flexibility index (Phi) is 3.06. The van der Waals surface area contributed by atoms with Crippen molar-refractivity contribution in [3.8, 4) is 0 Å². The second kappa shape index (κ2) is 4.31. The molecule has 0 bridgehead atoms. The summed E-state index contributed by atoms with van der Waals surface area (Å²) in [4.78, 5) is 0. The lowest BCUT2D eigenvalue weighted by atomic mass is 9.77. The largest absolute Gasteiger partial charge is 0.313 e. The van der Waals surface area contributed by atoms with Gasteiger partial charge in [0.25, 0.3) is 0 Å². The molecule has 2 rings (SSSR count). The molecule has 1 aliphatic rings. The van der Waals surface area contributed by atoms with E-state index in [0.29, 0.717) is 12.0 Å². The molecule has 0 aliphatic heterocycles. The predicted octanol–water partition coefficient (Wildman–Crippen LogP) is 3.19. The van der Waals surface area contributed by atoms with Crippen LogP contribution in [-0.2, 0) is 0 Å². The fraction of sp³-hybridized carbons (Fsp3) is 0.538. The molecule has 1 nitrogen and oxygen atoms in total. The monoisotopic (exact) mass is 207 g/mol. The maximum atomic E-state index is 13.3. The number of hydrogen-bond donors (Lipinski definition) is 1. The standard InChI is InChI=1S/C13H18FN/c1-9-6-11(8-12(14)7-9)13(15-2)10-4-3-5-10/h6-8,10,13,15H,3-5H2,1-2H3. The molecule has 0 radical (unpaired) electrons. The van der Waals surface area contributed by atoms with Crippen LogP contribution in [0.5, 0.6) is 0 Å². The van der Waals surface area contributed by atoms with Gasteiger partial charge >= 0.3 is 0 Å². The predicted molar refractivity (Wildman–Crippen MR) is 60.3 cm³/mol. The molecule has 1 fully saturated rings. The van der Waals surface area contributed by atoms with Crippen molar-refractivity contribution in [1.82, 2.24) is 5.32 Å². The molecular weight excluding hydrogens is 189 g/mol. The van der Waals surface area contributed by atoms with Crippen LogP contribution < -0.4 is 5.32 Å². The molecule has 1 aromatic rings. The minimum absolute atomic E-state index is 0.121. The molecule has 1 aliphatic carbocycles. The van der Waals surface area contributed by atoms with Gasteiger partial charge in [0, 0.05) is 6.04 Å². The molecule has 2 heteroatoms. The Morgan fingerprint density at radius 2 is 2.07 bits per heavy atom. The third kappa shape index (κ3) is 2.20. The van der Waals surface area contributed by atoms with Crippen LogP contribution in [-0.4, -0.2) is 7.05 Å². The highest BCUT2D eigenvalue weighted by Crippen LogP contribution is 2.37. The van der Waals surface area contributed by atoms with Crippen LogP contribution in [0.1, 0.15) is 36.4 Å². The van der Waals surface area contributed by atoms with Crippen molar-refractivity contribution >= 4 is 0 Å². The lowest BCUT2D eigenvalue weighted by Crippen LogP contribution is -2.29. The number of halogens is 1. The van der Waals surface area contributed by atoms with Crippen LogP contribution in [0.15, 0.2) is 18.2 Å². The average molecular weight is 207 g/mol. The molecule has 1 unspecified atom stereocenters. The van der Waals surface area contributed by atoms with Gasteiger partial charge in [-0.15, -0.1) is 0 Å². The Hall–Kier alpha value is -0.890. The van der Waals surface area contributed by atoms with Crippen LogP contribution >= 0.6 is 0 Å². The van der Waals surface area contributed by atoms with Crippen molar-refractivity contribution in [1.29, 1.82) is 0 Å². The van der Waals surface area contributed by atoms with Crippen molar-refractivity contribution in [3.05, 3.63) is 35.1 Å². The third-order valence-electron chi connectivity index (χ3n) is 3.36. The summed E-state index contributed by atoms with van der Waals surface area (Å²) in [6.07, 6.45) is 3.85. The second-order valence-electron chi connectivity index (χ2n) is 4.52. The van der Waals surface area contributed by atoms with Crippen molar-refractivity contribution in [2.24, 2.45) is 5.92 Å². The van der Waals surface area contributed by atoms with Gasteiger partial charge in [0.15, 0.2) is 0 Å². The second-order valence-corrected chi connectivity index (χ2v) is 4.52. The van der Waals surface area contributed by atoms with Crippen LogP contribution in [0, 0.1) is 18.7 Å². The number of rotatable bonds is 3. The molecule has 0 spiro atoms. The first-order valence-electron chi connectivity index (χ1n) is 5.65. The lowest BCUT2D eigenvalue weighted by molar-refractivity contribution is 0.239. The van der Waals surface area contributed by atoms with E-state index in [4.69, 9.17) is 0 Å². The van der Waals surface area contributed by atoms with Gasteiger partial charge < -0.3 is 5.32 Å². The summed E-state index contributed by atoms with van der Waals surface area (Å²) in [5, 5.41) is 3.31. The van der Waals surface area contributed by atoms with Gasteiger partial charge in [0.1, 0.15) is 5.82 Å². The highest BCUT2D eigenvalue weighted by atomic mass is 19.1. The van der Waals surface area contributed by atoms with Gasteiger partial charge in [-0.1, -0.05) is 12.5 Å². The maximum Gasteiger partial charge on any atom is 0.123 e. The zero-order chi connectivity index (χ0) is 10.8. The maximum absolute atomic E-state index is 13.3. The highest BCUT2D eigenvalue weighted by molar-refractivity contribution is 5.27. The zero-order valence-electron chi connectivity index (χ0n) is 9.39. The first kappa shape index (κ1) is 10.6. The van der Waals surface area contributed by atoms with Gasteiger partial charge in [0.2, 0.25) is 0 Å². The van der Waals surface area contributed by atoms with E-state index in [9.17, 15) is 4.39 Å². The van der Waals surface area contributed by atoms with E-state index in [1.165, 1.54) is 19.3 Å². The van der Waals surface area contributed by atoms with Crippen LogP contribution in [0.2, 0.25) is 0 Å². The molecule has 15 heavy (non-hydrogen) atoms. The summed E-state index contributed by atoms with van der Waals surface area (Å²) >= 11 is 0. The Morgan fingerprint density at radius 1 is 1.33 bits per heavy atom. The van der Waals surface area contributed by atoms with Gasteiger partial charge in [0.05, 0.1) is 0 Å². The van der Waals surface area contributed by atoms with E-state index in [1.807, 2.05) is 14.0 Å². The summed E-state index contributed by atoms with van der Waals surface area (Å²) in [6, 6.07) is 5.65. The van der Waals surface area contributed by atoms with E-state index in [0.717, 1.165) is 11.1 Å². The molecule has 82 valence electrons. The van der Waals surface area contributed by atoms with Gasteiger partial charge in [-0.05, 0) is 56.0 Å². The summed E-state index contributed by atoms with van der Waals surface area (Å²) in [6.45, 7) is 1.94. The number of aryl methyl sites for hydroxylation is 1. The molecule has 1 saturated carbocycles. The molecule has 1 atom stereocenters. The van der Waals surface area contributed by atoms with Crippen LogP contribution in [0.3, 0.4) is 0 Å². The minimum Gasteiger partial charge on any atom is -0.313 e. The Morgan fingerprint density at radius 3 is 2.53 bits per heavy atom. The van der Waals surface area contributed by atoms with Crippen molar-refractivity contribution in [3.63, 3.8) is 0 Å². The fourth-order valence-electron chi connectivity index (χ4n) is 2.39. The average Bonchev–Trinajstić information content (AvgIpc) is 2.08. The topological polar surface area (TPSA) is 12.0 Å². The smallest absolute Gasteiger partial charge is 0.123 e. The lowest BCUT2D eigenvalue weighted by Gasteiger charge is -2.34. The number of nitrogens with one attached hydrogen (secondary N) is 1. The summed E-state index contributed by atoms with van der Waals surface area (Å²) in [5.41, 5.74) is 2.10. The van der Waals surface area contributed by atoms with E-state index in [-0.39, 0.29) is 5.82 Å². The van der Waals surface area contributed by atoms with Crippen molar-refractivity contribution in [2.75, 3.05) is 7.05 Å². The van der Waals surface area contributed by atoms with Gasteiger partial charge in [-0.25, -0.2) is 4.39 Å². The number of hydrogen-bond acceptors (Lipinski definition) is 1. The molecule has 1 aromatic carbocycles. The summed E-state index contributed by atoms with van der Waals surface area (Å²) in [7, 11) is 1.96. The number of benzene rings is 1. The van der Waals surface area contributed by atoms with E-state index < -0.39 is 0 Å². The highest BCUT2D eigenvalue weighted by Gasteiger charge is 2.27. The molecule has 0 heterocycles. The van der Waals surface area contributed by atoms with E-state index in [2.05, 4.69) is 11.4 Å². The Bertz CT molecular complexity index is 324. The molecule has 1 N–H and O–H groups in total. The summed E-state index contributed by atoms with van der Waals surface area (Å²) < 4.78 is 13.3. The molecule has 0 saturated heterocycles. The van der Waals surface area contributed by atoms with Crippen molar-refractivity contribution < 1.29 is 4.39 Å². The third-order valence-corrected chi connectivity index (χ3v) is 3.36. The fourth-order valence-corrected chi connectivity index (χ4v) is 2.39. The van der Waals surface area contributed by atoms with Gasteiger partial charge in [-0.2, -0.15) is 0 Å².